The van der Waals surface area contributed by atoms with Crippen LogP contribution in [0.15, 0.2) is 207 Å². The maximum absolute atomic E-state index is 4.89. The monoisotopic (exact) mass is 738 g/mol. The average Bonchev–Trinajstić information content (AvgIpc) is 3.93. The van der Waals surface area contributed by atoms with Crippen molar-refractivity contribution in [3.63, 3.8) is 0 Å². The van der Waals surface area contributed by atoms with Gasteiger partial charge < -0.3 is 8.80 Å². The molecule has 0 saturated heterocycles. The molecule has 4 heterocycles. The van der Waals surface area contributed by atoms with Gasteiger partial charge in [-0.05, 0) is 101 Å². The Balaban J connectivity index is 1.07. The Kier molecular flexibility index (Phi) is 7.20. The van der Waals surface area contributed by atoms with E-state index in [0.29, 0.717) is 0 Å². The number of nitrogens with zero attached hydrogens (tertiary/aromatic N) is 4. The van der Waals surface area contributed by atoms with Gasteiger partial charge >= 0.3 is 0 Å². The highest BCUT2D eigenvalue weighted by atomic mass is 15.0. The lowest BCUT2D eigenvalue weighted by Crippen LogP contribution is -1.94. The van der Waals surface area contributed by atoms with Gasteiger partial charge in [0.2, 0.25) is 0 Å². The summed E-state index contributed by atoms with van der Waals surface area (Å²) in [5.74, 6) is 0. The molecule has 0 fully saturated rings. The average molecular weight is 739 g/mol. The topological polar surface area (TPSA) is 34.6 Å². The third kappa shape index (κ3) is 5.02. The Labute approximate surface area is 334 Å². The van der Waals surface area contributed by atoms with E-state index in [9.17, 15) is 0 Å². The van der Waals surface area contributed by atoms with E-state index in [-0.39, 0.29) is 0 Å². The molecule has 4 aromatic heterocycles. The highest BCUT2D eigenvalue weighted by molar-refractivity contribution is 6.30. The molecule has 0 saturated carbocycles. The molecule has 4 nitrogen and oxygen atoms in total. The molecule has 0 unspecified atom stereocenters. The van der Waals surface area contributed by atoms with E-state index < -0.39 is 0 Å². The minimum absolute atomic E-state index is 0.944. The lowest BCUT2D eigenvalue weighted by atomic mass is 9.81. The van der Waals surface area contributed by atoms with Crippen LogP contribution in [0.1, 0.15) is 0 Å². The van der Waals surface area contributed by atoms with Crippen molar-refractivity contribution in [2.45, 2.75) is 0 Å². The van der Waals surface area contributed by atoms with Gasteiger partial charge in [0.1, 0.15) is 11.3 Å². The number of fused-ring (bicyclic) bond motifs is 6. The molecule has 58 heavy (non-hydrogen) atoms. The van der Waals surface area contributed by atoms with Gasteiger partial charge in [-0.1, -0.05) is 158 Å². The molecule has 270 valence electrons. The largest absolute Gasteiger partial charge is 0.306 e. The first-order chi connectivity index (χ1) is 28.8. The quantitative estimate of drug-likeness (QED) is 0.165. The highest BCUT2D eigenvalue weighted by Crippen LogP contribution is 2.50. The smallest absolute Gasteiger partial charge is 0.137 e. The molecule has 0 aliphatic carbocycles. The summed E-state index contributed by atoms with van der Waals surface area (Å²) in [6.07, 6.45) is 8.29. The second kappa shape index (κ2) is 12.9. The van der Waals surface area contributed by atoms with Crippen molar-refractivity contribution in [1.29, 1.82) is 0 Å². The van der Waals surface area contributed by atoms with Crippen LogP contribution in [0.25, 0.3) is 110 Å². The minimum Gasteiger partial charge on any atom is -0.306 e. The van der Waals surface area contributed by atoms with E-state index in [1.165, 1.54) is 76.5 Å². The molecule has 0 radical (unpaired) electrons. The third-order valence-corrected chi connectivity index (χ3v) is 11.8. The zero-order chi connectivity index (χ0) is 38.2. The molecule has 0 atom stereocenters. The first-order valence-electron chi connectivity index (χ1n) is 19.7. The summed E-state index contributed by atoms with van der Waals surface area (Å²) in [4.78, 5) is 9.78. The predicted molar refractivity (Wildman–Crippen MR) is 241 cm³/mol. The number of aromatic nitrogens is 4. The number of rotatable bonds is 5. The molecular weight excluding hydrogens is 705 g/mol. The Bertz CT molecular complexity index is 3140. The van der Waals surface area contributed by atoms with E-state index in [0.717, 1.165) is 33.8 Å². The van der Waals surface area contributed by atoms with Crippen LogP contribution < -0.4 is 0 Å². The van der Waals surface area contributed by atoms with E-state index >= 15 is 0 Å². The van der Waals surface area contributed by atoms with Crippen LogP contribution >= 0.6 is 0 Å². The van der Waals surface area contributed by atoms with Crippen molar-refractivity contribution in [1.82, 2.24) is 18.8 Å². The number of imidazole rings is 2. The molecule has 8 aromatic carbocycles. The highest BCUT2D eigenvalue weighted by Gasteiger charge is 2.22. The maximum atomic E-state index is 4.89. The predicted octanol–water partition coefficient (Wildman–Crippen LogP) is 13.9. The van der Waals surface area contributed by atoms with Gasteiger partial charge in [-0.2, -0.15) is 0 Å². The van der Waals surface area contributed by atoms with Crippen molar-refractivity contribution >= 4 is 54.4 Å². The normalized spacial score (nSPS) is 11.8. The maximum Gasteiger partial charge on any atom is 0.137 e. The zero-order valence-corrected chi connectivity index (χ0v) is 31.4. The molecule has 0 spiro atoms. The van der Waals surface area contributed by atoms with Crippen LogP contribution in [0, 0.1) is 0 Å². The molecule has 0 N–H and O–H groups in total. The van der Waals surface area contributed by atoms with Gasteiger partial charge in [0.15, 0.2) is 0 Å². The fourth-order valence-corrected chi connectivity index (χ4v) is 9.18. The van der Waals surface area contributed by atoms with Crippen LogP contribution in [-0.2, 0) is 0 Å². The van der Waals surface area contributed by atoms with Gasteiger partial charge in [-0.3, -0.25) is 0 Å². The summed E-state index contributed by atoms with van der Waals surface area (Å²) < 4.78 is 4.14. The summed E-state index contributed by atoms with van der Waals surface area (Å²) in [7, 11) is 0. The molecule has 0 bridgehead atoms. The Morgan fingerprint density at radius 3 is 0.845 bits per heavy atom. The number of benzene rings is 8. The van der Waals surface area contributed by atoms with Gasteiger partial charge in [0, 0.05) is 35.9 Å². The van der Waals surface area contributed by atoms with Crippen molar-refractivity contribution in [2.24, 2.45) is 0 Å². The van der Waals surface area contributed by atoms with E-state index in [2.05, 4.69) is 167 Å². The van der Waals surface area contributed by atoms with E-state index in [1.807, 2.05) is 48.8 Å². The Morgan fingerprint density at radius 2 is 0.534 bits per heavy atom. The van der Waals surface area contributed by atoms with Crippen molar-refractivity contribution in [2.75, 3.05) is 0 Å². The molecular formula is C54H34N4. The second-order valence-corrected chi connectivity index (χ2v) is 15.0. The lowest BCUT2D eigenvalue weighted by Gasteiger charge is -2.22. The number of hydrogen-bond acceptors (Lipinski definition) is 2. The van der Waals surface area contributed by atoms with Gasteiger partial charge in [0.25, 0.3) is 0 Å². The summed E-state index contributed by atoms with van der Waals surface area (Å²) in [5.41, 5.74) is 13.4. The van der Waals surface area contributed by atoms with Crippen LogP contribution in [0.4, 0.5) is 0 Å². The molecule has 4 heteroatoms. The van der Waals surface area contributed by atoms with Crippen LogP contribution in [0.3, 0.4) is 0 Å². The first-order valence-corrected chi connectivity index (χ1v) is 19.7. The number of hydrogen-bond donors (Lipinski definition) is 0. The van der Waals surface area contributed by atoms with Crippen molar-refractivity contribution in [3.8, 4) is 55.9 Å². The second-order valence-electron chi connectivity index (χ2n) is 15.0. The lowest BCUT2D eigenvalue weighted by molar-refractivity contribution is 1.19. The summed E-state index contributed by atoms with van der Waals surface area (Å²) in [6.45, 7) is 0. The van der Waals surface area contributed by atoms with Crippen LogP contribution in [0.5, 0.6) is 0 Å². The number of pyridine rings is 2. The third-order valence-electron chi connectivity index (χ3n) is 11.8. The van der Waals surface area contributed by atoms with Gasteiger partial charge in [-0.15, -0.1) is 0 Å². The van der Waals surface area contributed by atoms with Gasteiger partial charge in [-0.25, -0.2) is 9.97 Å². The molecule has 0 amide bonds. The van der Waals surface area contributed by atoms with Crippen LogP contribution in [-0.4, -0.2) is 18.8 Å². The van der Waals surface area contributed by atoms with E-state index in [4.69, 9.17) is 9.97 Å². The fraction of sp³-hybridized carbons (Fsp3) is 0. The Morgan fingerprint density at radius 1 is 0.259 bits per heavy atom. The SMILES string of the molecule is c1ccc2c(-c3c4ccccc4c(-c4ccc(-c5cn6ccccc6n5)cc4)c4ccccc34)c3ccccc3c(-c3ccc(-c4cn5ccccc5n4)cc3)c2c1. The molecule has 0 aliphatic heterocycles. The summed E-state index contributed by atoms with van der Waals surface area (Å²) >= 11 is 0. The summed E-state index contributed by atoms with van der Waals surface area (Å²) in [6, 6.07) is 65.9. The zero-order valence-electron chi connectivity index (χ0n) is 31.4. The molecule has 12 aromatic rings. The van der Waals surface area contributed by atoms with E-state index in [1.54, 1.807) is 0 Å². The fourth-order valence-electron chi connectivity index (χ4n) is 9.18. The molecule has 12 rings (SSSR count). The van der Waals surface area contributed by atoms with Gasteiger partial charge in [0.05, 0.1) is 11.4 Å². The first kappa shape index (κ1) is 32.4. The standard InChI is InChI=1S/C54H34N4/c1-5-17-43-39(13-1)51(37-27-23-35(24-28-37)47-33-57-31-11-9-21-49(57)55-47)40-14-2-6-18-44(40)53(43)54-45-19-7-3-15-41(45)52(42-16-4-8-20-46(42)54)38-29-25-36(26-30-38)48-34-58-32-12-10-22-50(58)56-48/h1-34H. The Hall–Kier alpha value is -7.82. The summed E-state index contributed by atoms with van der Waals surface area (Å²) in [5, 5.41) is 9.88. The van der Waals surface area contributed by atoms with Crippen molar-refractivity contribution < 1.29 is 0 Å². The van der Waals surface area contributed by atoms with Crippen LogP contribution in [0.2, 0.25) is 0 Å². The van der Waals surface area contributed by atoms with Crippen molar-refractivity contribution in [3.05, 3.63) is 207 Å². The molecule has 0 aliphatic rings. The minimum atomic E-state index is 0.944.